The molecule has 1 aliphatic carbocycles. The number of esters is 1. The third-order valence-electron chi connectivity index (χ3n) is 6.40. The lowest BCUT2D eigenvalue weighted by molar-refractivity contribution is -0.123. The van der Waals surface area contributed by atoms with Crippen molar-refractivity contribution in [3.8, 4) is 0 Å². The molecule has 0 unspecified atom stereocenters. The molecule has 7 heteroatoms. The highest BCUT2D eigenvalue weighted by molar-refractivity contribution is 6.30. The summed E-state index contributed by atoms with van der Waals surface area (Å²) in [7, 11) is 0. The fourth-order valence-corrected chi connectivity index (χ4v) is 4.59. The normalized spacial score (nSPS) is 13.1. The SMILES string of the molecule is Cc1nc2ccccc2c(C)c1C(=O)O[C@@H](C)C(=O)Nc1cccc2c1C(=O)c1ccccc1C2=O. The monoisotopic (exact) mass is 478 g/mol. The van der Waals surface area contributed by atoms with E-state index in [1.54, 1.807) is 49.4 Å². The van der Waals surface area contributed by atoms with Gasteiger partial charge in [0.25, 0.3) is 5.91 Å². The Morgan fingerprint density at radius 2 is 1.47 bits per heavy atom. The Morgan fingerprint density at radius 1 is 0.833 bits per heavy atom. The molecule has 1 aliphatic rings. The number of hydrogen-bond acceptors (Lipinski definition) is 6. The van der Waals surface area contributed by atoms with E-state index in [4.69, 9.17) is 4.74 Å². The number of hydrogen-bond donors (Lipinski definition) is 1. The van der Waals surface area contributed by atoms with Crippen LogP contribution in [-0.4, -0.2) is 34.5 Å². The Kier molecular flexibility index (Phi) is 5.68. The van der Waals surface area contributed by atoms with Crippen LogP contribution in [0.1, 0.15) is 60.4 Å². The number of carbonyl (C=O) groups is 4. The maximum atomic E-state index is 13.2. The van der Waals surface area contributed by atoms with Crippen molar-refractivity contribution in [3.05, 3.63) is 106 Å². The van der Waals surface area contributed by atoms with Crippen molar-refractivity contribution in [1.82, 2.24) is 4.98 Å². The van der Waals surface area contributed by atoms with Gasteiger partial charge in [-0.15, -0.1) is 0 Å². The Hall–Kier alpha value is -4.65. The number of aromatic nitrogens is 1. The first-order chi connectivity index (χ1) is 17.3. The lowest BCUT2D eigenvalue weighted by Crippen LogP contribution is -2.32. The van der Waals surface area contributed by atoms with E-state index in [1.807, 2.05) is 31.2 Å². The number of carbonyl (C=O) groups excluding carboxylic acids is 4. The smallest absolute Gasteiger partial charge is 0.341 e. The molecule has 1 amide bonds. The van der Waals surface area contributed by atoms with Gasteiger partial charge in [0.2, 0.25) is 0 Å². The van der Waals surface area contributed by atoms with E-state index in [0.717, 1.165) is 16.5 Å². The van der Waals surface area contributed by atoms with Gasteiger partial charge in [0.15, 0.2) is 17.7 Å². The van der Waals surface area contributed by atoms with Gasteiger partial charge < -0.3 is 10.1 Å². The maximum Gasteiger partial charge on any atom is 0.341 e. The maximum absolute atomic E-state index is 13.2. The molecule has 7 nitrogen and oxygen atoms in total. The van der Waals surface area contributed by atoms with Crippen LogP contribution in [0, 0.1) is 13.8 Å². The number of ether oxygens (including phenoxy) is 1. The molecule has 0 saturated heterocycles. The first-order valence-electron chi connectivity index (χ1n) is 11.5. The number of aryl methyl sites for hydroxylation is 2. The first kappa shape index (κ1) is 23.1. The molecule has 3 aromatic carbocycles. The second-order valence-corrected chi connectivity index (χ2v) is 8.68. The molecule has 36 heavy (non-hydrogen) atoms. The number of para-hydroxylation sites is 1. The second kappa shape index (κ2) is 8.85. The molecule has 0 radical (unpaired) electrons. The number of nitrogens with one attached hydrogen (secondary N) is 1. The number of nitrogens with zero attached hydrogens (tertiary/aromatic N) is 1. The Balaban J connectivity index is 1.39. The Bertz CT molecular complexity index is 1610. The van der Waals surface area contributed by atoms with Crippen LogP contribution in [0.3, 0.4) is 0 Å². The Labute approximate surface area is 207 Å². The standard InChI is InChI=1S/C29H22N2O5/c1-15-18-9-6-7-13-22(18)30-16(2)24(15)29(35)36-17(3)28(34)31-23-14-8-12-21-25(23)27(33)20-11-5-4-10-19(20)26(21)32/h4-14,17H,1-3H3,(H,31,34)/t17-/m0/s1. The summed E-state index contributed by atoms with van der Waals surface area (Å²) in [5.41, 5.74) is 3.44. The lowest BCUT2D eigenvalue weighted by atomic mass is 9.83. The van der Waals surface area contributed by atoms with E-state index in [1.165, 1.54) is 6.92 Å². The van der Waals surface area contributed by atoms with Gasteiger partial charge in [0, 0.05) is 22.1 Å². The molecule has 0 bridgehead atoms. The highest BCUT2D eigenvalue weighted by Crippen LogP contribution is 2.32. The average molecular weight is 479 g/mol. The van der Waals surface area contributed by atoms with Crippen molar-refractivity contribution >= 4 is 40.0 Å². The molecule has 0 saturated carbocycles. The van der Waals surface area contributed by atoms with Crippen LogP contribution in [0.4, 0.5) is 5.69 Å². The van der Waals surface area contributed by atoms with Gasteiger partial charge in [-0.2, -0.15) is 0 Å². The lowest BCUT2D eigenvalue weighted by Gasteiger charge is -2.21. The number of benzene rings is 3. The van der Waals surface area contributed by atoms with Crippen LogP contribution in [0.25, 0.3) is 10.9 Å². The summed E-state index contributed by atoms with van der Waals surface area (Å²) in [5, 5.41) is 3.49. The zero-order chi connectivity index (χ0) is 25.6. The summed E-state index contributed by atoms with van der Waals surface area (Å²) in [6, 6.07) is 18.8. The molecule has 1 atom stereocenters. The topological polar surface area (TPSA) is 102 Å². The van der Waals surface area contributed by atoms with Crippen LogP contribution >= 0.6 is 0 Å². The van der Waals surface area contributed by atoms with E-state index in [0.29, 0.717) is 16.8 Å². The van der Waals surface area contributed by atoms with E-state index < -0.39 is 18.0 Å². The van der Waals surface area contributed by atoms with Crippen molar-refractivity contribution in [1.29, 1.82) is 0 Å². The average Bonchev–Trinajstić information content (AvgIpc) is 2.87. The molecule has 0 spiro atoms. The van der Waals surface area contributed by atoms with Gasteiger partial charge in [-0.05, 0) is 38.5 Å². The molecule has 178 valence electrons. The molecule has 4 aromatic rings. The van der Waals surface area contributed by atoms with Gasteiger partial charge in [-0.1, -0.05) is 54.6 Å². The fraction of sp³-hybridized carbons (Fsp3) is 0.138. The molecule has 0 aliphatic heterocycles. The highest BCUT2D eigenvalue weighted by Gasteiger charge is 2.32. The molecule has 1 heterocycles. The van der Waals surface area contributed by atoms with Crippen LogP contribution in [0.15, 0.2) is 66.7 Å². The minimum Gasteiger partial charge on any atom is -0.449 e. The minimum absolute atomic E-state index is 0.124. The summed E-state index contributed by atoms with van der Waals surface area (Å²) in [5.74, 6) is -1.93. The predicted octanol–water partition coefficient (Wildman–Crippen LogP) is 4.81. The molecular formula is C29H22N2O5. The van der Waals surface area contributed by atoms with Gasteiger partial charge in [0.05, 0.1) is 28.0 Å². The molecular weight excluding hydrogens is 456 g/mol. The van der Waals surface area contributed by atoms with E-state index in [9.17, 15) is 19.2 Å². The molecule has 5 rings (SSSR count). The summed E-state index contributed by atoms with van der Waals surface area (Å²) >= 11 is 0. The van der Waals surface area contributed by atoms with Crippen LogP contribution in [0.5, 0.6) is 0 Å². The number of anilines is 1. The molecule has 1 aromatic heterocycles. The van der Waals surface area contributed by atoms with Crippen LogP contribution in [-0.2, 0) is 9.53 Å². The second-order valence-electron chi connectivity index (χ2n) is 8.68. The van der Waals surface area contributed by atoms with E-state index in [-0.39, 0.29) is 33.9 Å². The number of pyridine rings is 1. The highest BCUT2D eigenvalue weighted by atomic mass is 16.5. The zero-order valence-corrected chi connectivity index (χ0v) is 19.9. The Morgan fingerprint density at radius 3 is 2.22 bits per heavy atom. The quantitative estimate of drug-likeness (QED) is 0.372. The summed E-state index contributed by atoms with van der Waals surface area (Å²) in [6.07, 6.45) is -1.17. The zero-order valence-electron chi connectivity index (χ0n) is 19.9. The largest absolute Gasteiger partial charge is 0.449 e. The van der Waals surface area contributed by atoms with Gasteiger partial charge >= 0.3 is 5.97 Å². The molecule has 1 N–H and O–H groups in total. The number of amides is 1. The van der Waals surface area contributed by atoms with Crippen molar-refractivity contribution in [2.45, 2.75) is 26.9 Å². The third-order valence-corrected chi connectivity index (χ3v) is 6.40. The molecule has 0 fully saturated rings. The van der Waals surface area contributed by atoms with Crippen molar-refractivity contribution in [3.63, 3.8) is 0 Å². The van der Waals surface area contributed by atoms with Crippen LogP contribution < -0.4 is 5.32 Å². The summed E-state index contributed by atoms with van der Waals surface area (Å²) in [6.45, 7) is 4.98. The number of ketones is 2. The van der Waals surface area contributed by atoms with Crippen LogP contribution in [0.2, 0.25) is 0 Å². The van der Waals surface area contributed by atoms with Gasteiger partial charge in [-0.25, -0.2) is 4.79 Å². The third kappa shape index (κ3) is 3.75. The van der Waals surface area contributed by atoms with Crippen molar-refractivity contribution < 1.29 is 23.9 Å². The predicted molar refractivity (Wildman–Crippen MR) is 134 cm³/mol. The van der Waals surface area contributed by atoms with Gasteiger partial charge in [-0.3, -0.25) is 19.4 Å². The van der Waals surface area contributed by atoms with E-state index in [2.05, 4.69) is 10.3 Å². The first-order valence-corrected chi connectivity index (χ1v) is 11.5. The fourth-order valence-electron chi connectivity index (χ4n) is 4.59. The number of fused-ring (bicyclic) bond motifs is 3. The van der Waals surface area contributed by atoms with Crippen molar-refractivity contribution in [2.75, 3.05) is 5.32 Å². The summed E-state index contributed by atoms with van der Waals surface area (Å²) in [4.78, 5) is 56.6. The van der Waals surface area contributed by atoms with Crippen molar-refractivity contribution in [2.24, 2.45) is 0 Å². The number of rotatable bonds is 4. The summed E-state index contributed by atoms with van der Waals surface area (Å²) < 4.78 is 5.49. The minimum atomic E-state index is -1.17. The van der Waals surface area contributed by atoms with E-state index >= 15 is 0 Å². The van der Waals surface area contributed by atoms with Gasteiger partial charge in [0.1, 0.15) is 0 Å².